The topological polar surface area (TPSA) is 75.9 Å². The Balaban J connectivity index is 2.32. The fourth-order valence-corrected chi connectivity index (χ4v) is 2.55. The first-order chi connectivity index (χ1) is 11.5. The van der Waals surface area contributed by atoms with E-state index < -0.39 is 35.4 Å². The van der Waals surface area contributed by atoms with Gasteiger partial charge in [-0.3, -0.25) is 14.6 Å². The van der Waals surface area contributed by atoms with E-state index in [-0.39, 0.29) is 12.4 Å². The molecule has 0 radical (unpaired) electrons. The van der Waals surface area contributed by atoms with E-state index in [2.05, 4.69) is 0 Å². The van der Waals surface area contributed by atoms with Crippen molar-refractivity contribution in [1.29, 1.82) is 0 Å². The first-order valence-corrected chi connectivity index (χ1v) is 7.68. The van der Waals surface area contributed by atoms with E-state index in [1.165, 1.54) is 12.1 Å². The Bertz CT molecular complexity index is 676. The van der Waals surface area contributed by atoms with Gasteiger partial charge in [-0.25, -0.2) is 4.79 Å². The second-order valence-electron chi connectivity index (χ2n) is 6.34. The second kappa shape index (κ2) is 6.55. The molecule has 1 aromatic rings. The minimum Gasteiger partial charge on any atom is -0.351 e. The Hall–Kier alpha value is -2.29. The Kier molecular flexibility index (Phi) is 4.99. The number of rotatable bonds is 4. The highest BCUT2D eigenvalue weighted by Crippen LogP contribution is 2.33. The molecule has 3 amide bonds. The number of halogens is 3. The molecule has 2 N–H and O–H groups in total. The summed E-state index contributed by atoms with van der Waals surface area (Å²) in [6.45, 7) is 5.00. The summed E-state index contributed by atoms with van der Waals surface area (Å²) in [4.78, 5) is 26.6. The van der Waals surface area contributed by atoms with Gasteiger partial charge in [-0.05, 0) is 38.5 Å². The van der Waals surface area contributed by atoms with Crippen molar-refractivity contribution >= 4 is 17.6 Å². The Morgan fingerprint density at radius 3 is 2.56 bits per heavy atom. The molecular weight excluding hydrogens is 339 g/mol. The zero-order chi connectivity index (χ0) is 19.0. The van der Waals surface area contributed by atoms with E-state index in [1.807, 2.05) is 6.92 Å². The minimum atomic E-state index is -4.53. The molecule has 6 nitrogen and oxygen atoms in total. The molecule has 1 aliphatic heterocycles. The van der Waals surface area contributed by atoms with Crippen LogP contribution in [0.25, 0.3) is 0 Å². The predicted molar refractivity (Wildman–Crippen MR) is 84.5 cm³/mol. The molecule has 25 heavy (non-hydrogen) atoms. The van der Waals surface area contributed by atoms with Crippen molar-refractivity contribution in [1.82, 2.24) is 4.90 Å². The summed E-state index contributed by atoms with van der Waals surface area (Å²) in [5.74, 6) is -0.639. The van der Waals surface area contributed by atoms with E-state index in [9.17, 15) is 22.8 Å². The van der Waals surface area contributed by atoms with Gasteiger partial charge in [-0.1, -0.05) is 13.0 Å². The Labute approximate surface area is 143 Å². The molecule has 9 heteroatoms. The fraction of sp³-hybridized carbons (Fsp3) is 0.500. The van der Waals surface area contributed by atoms with Gasteiger partial charge in [0.1, 0.15) is 6.73 Å². The summed E-state index contributed by atoms with van der Waals surface area (Å²) in [5.41, 5.74) is 3.81. The van der Waals surface area contributed by atoms with Crippen LogP contribution in [0.4, 0.5) is 23.7 Å². The standard InChI is InChI=1S/C16H20F3N3O3/c1-4-15(2,3)22(14(20)24)13-12(23)21(9-25-13)11-7-5-6-10(8-11)16(17,18)19/h5-8,13H,4,9H2,1-3H3,(H2,20,24). The molecule has 1 heterocycles. The number of amides is 3. The maximum absolute atomic E-state index is 12.9. The van der Waals surface area contributed by atoms with Crippen molar-refractivity contribution < 1.29 is 27.5 Å². The zero-order valence-electron chi connectivity index (χ0n) is 14.1. The number of hydrogen-bond acceptors (Lipinski definition) is 3. The number of nitrogens with two attached hydrogens (primary N) is 1. The molecule has 0 spiro atoms. The number of anilines is 1. The molecule has 0 bridgehead atoms. The van der Waals surface area contributed by atoms with E-state index in [0.29, 0.717) is 6.42 Å². The average Bonchev–Trinajstić information content (AvgIpc) is 2.88. The summed E-state index contributed by atoms with van der Waals surface area (Å²) in [7, 11) is 0. The highest BCUT2D eigenvalue weighted by Gasteiger charge is 2.45. The van der Waals surface area contributed by atoms with Crippen molar-refractivity contribution in [2.45, 2.75) is 45.1 Å². The van der Waals surface area contributed by atoms with Gasteiger partial charge in [0.05, 0.1) is 5.56 Å². The molecule has 1 fully saturated rings. The number of nitrogens with zero attached hydrogens (tertiary/aromatic N) is 2. The highest BCUT2D eigenvalue weighted by molar-refractivity contribution is 5.99. The van der Waals surface area contributed by atoms with E-state index in [1.54, 1.807) is 13.8 Å². The highest BCUT2D eigenvalue weighted by atomic mass is 19.4. The van der Waals surface area contributed by atoms with Crippen LogP contribution in [0.15, 0.2) is 24.3 Å². The number of primary amides is 1. The third kappa shape index (κ3) is 3.71. The lowest BCUT2D eigenvalue weighted by atomic mass is 9.99. The maximum atomic E-state index is 12.9. The molecule has 1 aromatic carbocycles. The molecule has 1 saturated heterocycles. The SMILES string of the molecule is CCC(C)(C)N(C(N)=O)C1OCN(c2cccc(C(F)(F)F)c2)C1=O. The van der Waals surface area contributed by atoms with E-state index in [4.69, 9.17) is 10.5 Å². The smallest absolute Gasteiger partial charge is 0.351 e. The predicted octanol–water partition coefficient (Wildman–Crippen LogP) is 2.92. The van der Waals surface area contributed by atoms with Crippen molar-refractivity contribution in [3.8, 4) is 0 Å². The van der Waals surface area contributed by atoms with Gasteiger partial charge in [0, 0.05) is 11.2 Å². The van der Waals surface area contributed by atoms with E-state index in [0.717, 1.165) is 21.9 Å². The van der Waals surface area contributed by atoms with Crippen LogP contribution in [0, 0.1) is 0 Å². The van der Waals surface area contributed by atoms with Crippen LogP contribution in [-0.4, -0.2) is 35.3 Å². The first kappa shape index (κ1) is 19.0. The molecular formula is C16H20F3N3O3. The van der Waals surface area contributed by atoms with Crippen LogP contribution in [-0.2, 0) is 15.7 Å². The van der Waals surface area contributed by atoms with Crippen LogP contribution in [0.5, 0.6) is 0 Å². The van der Waals surface area contributed by atoms with Crippen LogP contribution >= 0.6 is 0 Å². The summed E-state index contributed by atoms with van der Waals surface area (Å²) in [6, 6.07) is 3.52. The van der Waals surface area contributed by atoms with Gasteiger partial charge in [-0.2, -0.15) is 13.2 Å². The van der Waals surface area contributed by atoms with Crippen molar-refractivity contribution in [2.75, 3.05) is 11.6 Å². The molecule has 0 aromatic heterocycles. The van der Waals surface area contributed by atoms with Gasteiger partial charge in [0.25, 0.3) is 5.91 Å². The molecule has 138 valence electrons. The lowest BCUT2D eigenvalue weighted by molar-refractivity contribution is -0.137. The number of alkyl halides is 3. The Morgan fingerprint density at radius 1 is 1.40 bits per heavy atom. The summed E-state index contributed by atoms with van der Waals surface area (Å²) < 4.78 is 44.0. The van der Waals surface area contributed by atoms with Gasteiger partial charge in [0.2, 0.25) is 6.23 Å². The number of carbonyl (C=O) groups is 2. The van der Waals surface area contributed by atoms with Gasteiger partial charge in [-0.15, -0.1) is 0 Å². The lowest BCUT2D eigenvalue weighted by Gasteiger charge is -2.39. The van der Waals surface area contributed by atoms with Crippen molar-refractivity contribution in [2.24, 2.45) is 5.73 Å². The minimum absolute atomic E-state index is 0.0426. The normalized spacial score (nSPS) is 18.6. The van der Waals surface area contributed by atoms with Gasteiger partial charge < -0.3 is 10.5 Å². The molecule has 1 atom stereocenters. The molecule has 1 aliphatic rings. The first-order valence-electron chi connectivity index (χ1n) is 7.68. The number of hydrogen-bond donors (Lipinski definition) is 1. The van der Waals surface area contributed by atoms with Crippen molar-refractivity contribution in [3.63, 3.8) is 0 Å². The molecule has 2 rings (SSSR count). The van der Waals surface area contributed by atoms with Crippen LogP contribution < -0.4 is 10.6 Å². The lowest BCUT2D eigenvalue weighted by Crippen LogP contribution is -2.58. The Morgan fingerprint density at radius 2 is 2.04 bits per heavy atom. The van der Waals surface area contributed by atoms with E-state index >= 15 is 0 Å². The molecule has 1 unspecified atom stereocenters. The van der Waals surface area contributed by atoms with Crippen LogP contribution in [0.1, 0.15) is 32.8 Å². The van der Waals surface area contributed by atoms with Gasteiger partial charge in [0.15, 0.2) is 0 Å². The fourth-order valence-electron chi connectivity index (χ4n) is 2.55. The van der Waals surface area contributed by atoms with Crippen molar-refractivity contribution in [3.05, 3.63) is 29.8 Å². The maximum Gasteiger partial charge on any atom is 0.416 e. The van der Waals surface area contributed by atoms with Crippen LogP contribution in [0.3, 0.4) is 0 Å². The third-order valence-corrected chi connectivity index (χ3v) is 4.31. The summed E-state index contributed by atoms with van der Waals surface area (Å²) in [5, 5.41) is 0. The molecule has 0 aliphatic carbocycles. The number of urea groups is 1. The monoisotopic (exact) mass is 359 g/mol. The summed E-state index contributed by atoms with van der Waals surface area (Å²) in [6.07, 6.45) is -5.29. The largest absolute Gasteiger partial charge is 0.416 e. The molecule has 0 saturated carbocycles. The number of benzene rings is 1. The average molecular weight is 359 g/mol. The number of ether oxygens (including phenoxy) is 1. The third-order valence-electron chi connectivity index (χ3n) is 4.31. The zero-order valence-corrected chi connectivity index (χ0v) is 14.1. The number of carbonyl (C=O) groups excluding carboxylic acids is 2. The summed E-state index contributed by atoms with van der Waals surface area (Å²) >= 11 is 0. The quantitative estimate of drug-likeness (QED) is 0.898. The van der Waals surface area contributed by atoms with Gasteiger partial charge >= 0.3 is 12.2 Å². The van der Waals surface area contributed by atoms with Crippen LogP contribution in [0.2, 0.25) is 0 Å². The second-order valence-corrected chi connectivity index (χ2v) is 6.34.